The second kappa shape index (κ2) is 13.7. The van der Waals surface area contributed by atoms with Gasteiger partial charge in [-0.25, -0.2) is 17.7 Å². The van der Waals surface area contributed by atoms with Gasteiger partial charge in [0, 0.05) is 45.3 Å². The lowest BCUT2D eigenvalue weighted by atomic mass is 10.2. The van der Waals surface area contributed by atoms with Crippen molar-refractivity contribution in [3.05, 3.63) is 48.0 Å². The largest absolute Gasteiger partial charge is 0.494 e. The minimum absolute atomic E-state index is 0.181. The zero-order chi connectivity index (χ0) is 27.8. The number of carbonyl (C=O) groups is 1. The van der Waals surface area contributed by atoms with Crippen molar-refractivity contribution in [2.45, 2.75) is 38.0 Å². The highest BCUT2D eigenvalue weighted by Crippen LogP contribution is 2.32. The number of amides is 1. The Bertz CT molecular complexity index is 1340. The van der Waals surface area contributed by atoms with E-state index in [1.165, 1.54) is 27.8 Å². The van der Waals surface area contributed by atoms with Crippen molar-refractivity contribution in [2.75, 3.05) is 64.5 Å². The van der Waals surface area contributed by atoms with Gasteiger partial charge in [-0.3, -0.25) is 14.6 Å². The van der Waals surface area contributed by atoms with Gasteiger partial charge in [0.1, 0.15) is 5.75 Å². The molecule has 9 nitrogen and oxygen atoms in total. The van der Waals surface area contributed by atoms with Gasteiger partial charge in [-0.2, -0.15) is 0 Å². The van der Waals surface area contributed by atoms with E-state index in [4.69, 9.17) is 14.5 Å². The summed E-state index contributed by atoms with van der Waals surface area (Å²) in [5, 5.41) is 0.613. The molecule has 39 heavy (non-hydrogen) atoms. The molecule has 212 valence electrons. The Labute approximate surface area is 235 Å². The van der Waals surface area contributed by atoms with Crippen LogP contribution in [0, 0.1) is 0 Å². The Balaban J connectivity index is 1.56. The molecule has 0 saturated carbocycles. The lowest BCUT2D eigenvalue weighted by Crippen LogP contribution is -2.39. The highest BCUT2D eigenvalue weighted by atomic mass is 32.2. The molecular formula is C28H38N4O5S2. The average Bonchev–Trinajstić information content (AvgIpc) is 3.37. The number of rotatable bonds is 13. The second-order valence-electron chi connectivity index (χ2n) is 9.53. The van der Waals surface area contributed by atoms with Gasteiger partial charge in [0.05, 0.1) is 34.9 Å². The van der Waals surface area contributed by atoms with Gasteiger partial charge < -0.3 is 9.47 Å². The van der Waals surface area contributed by atoms with E-state index in [1.807, 2.05) is 32.0 Å². The number of hydrogen-bond donors (Lipinski definition) is 0. The number of hydrogen-bond acceptors (Lipinski definition) is 8. The molecule has 2 aromatic carbocycles. The van der Waals surface area contributed by atoms with Crippen molar-refractivity contribution in [2.24, 2.45) is 0 Å². The molecule has 1 amide bonds. The Morgan fingerprint density at radius 1 is 1.08 bits per heavy atom. The maximum absolute atomic E-state index is 13.8. The smallest absolute Gasteiger partial charge is 0.260 e. The maximum atomic E-state index is 13.8. The summed E-state index contributed by atoms with van der Waals surface area (Å²) in [4.78, 5) is 22.8. The summed E-state index contributed by atoms with van der Waals surface area (Å²) in [6.07, 6.45) is 2.48. The number of fused-ring (bicyclic) bond motifs is 1. The lowest BCUT2D eigenvalue weighted by molar-refractivity contribution is 0.0376. The van der Waals surface area contributed by atoms with Gasteiger partial charge in [0.2, 0.25) is 10.0 Å². The third-order valence-corrected chi connectivity index (χ3v) is 9.64. The van der Waals surface area contributed by atoms with Crippen LogP contribution in [0.25, 0.3) is 10.2 Å². The number of anilines is 1. The normalized spacial score (nSPS) is 14.7. The van der Waals surface area contributed by atoms with E-state index in [2.05, 4.69) is 4.90 Å². The minimum atomic E-state index is -3.61. The van der Waals surface area contributed by atoms with Gasteiger partial charge >= 0.3 is 0 Å². The number of thiazole rings is 1. The molecule has 0 radical (unpaired) electrons. The van der Waals surface area contributed by atoms with Gasteiger partial charge in [-0.05, 0) is 62.2 Å². The van der Waals surface area contributed by atoms with E-state index < -0.39 is 10.0 Å². The summed E-state index contributed by atoms with van der Waals surface area (Å²) < 4.78 is 39.3. The molecule has 3 aromatic rings. The summed E-state index contributed by atoms with van der Waals surface area (Å²) in [5.41, 5.74) is 1.23. The highest BCUT2D eigenvalue weighted by molar-refractivity contribution is 7.89. The number of carbonyl (C=O) groups excluding carboxylic acids is 1. The number of nitrogens with zero attached hydrogens (tertiary/aromatic N) is 4. The zero-order valence-corrected chi connectivity index (χ0v) is 24.6. The number of ether oxygens (including phenoxy) is 2. The molecular weight excluding hydrogens is 536 g/mol. The molecule has 0 atom stereocenters. The molecule has 11 heteroatoms. The van der Waals surface area contributed by atoms with Gasteiger partial charge in [0.25, 0.3) is 5.91 Å². The maximum Gasteiger partial charge on any atom is 0.260 e. The first kappa shape index (κ1) is 29.4. The molecule has 0 aliphatic carbocycles. The van der Waals surface area contributed by atoms with E-state index in [1.54, 1.807) is 24.1 Å². The fraction of sp³-hybridized carbons (Fsp3) is 0.500. The van der Waals surface area contributed by atoms with Crippen molar-refractivity contribution in [1.82, 2.24) is 14.2 Å². The summed E-state index contributed by atoms with van der Waals surface area (Å²) >= 11 is 1.45. The van der Waals surface area contributed by atoms with Crippen molar-refractivity contribution in [3.8, 4) is 5.75 Å². The summed E-state index contributed by atoms with van der Waals surface area (Å²) in [6, 6.07) is 12.0. The van der Waals surface area contributed by atoms with E-state index in [0.29, 0.717) is 30.4 Å². The summed E-state index contributed by atoms with van der Waals surface area (Å²) in [6.45, 7) is 9.57. The average molecular weight is 575 g/mol. The summed E-state index contributed by atoms with van der Waals surface area (Å²) in [5.74, 6) is 0.565. The molecule has 0 bridgehead atoms. The van der Waals surface area contributed by atoms with Crippen LogP contribution in [0.1, 0.15) is 43.5 Å². The predicted molar refractivity (Wildman–Crippen MR) is 156 cm³/mol. The first-order valence-electron chi connectivity index (χ1n) is 13.5. The molecule has 0 unspecified atom stereocenters. The quantitative estimate of drug-likeness (QED) is 0.297. The third kappa shape index (κ3) is 7.34. The van der Waals surface area contributed by atoms with Crippen molar-refractivity contribution in [3.63, 3.8) is 0 Å². The molecule has 1 aliphatic rings. The van der Waals surface area contributed by atoms with E-state index in [0.717, 1.165) is 68.1 Å². The van der Waals surface area contributed by atoms with Crippen molar-refractivity contribution in [1.29, 1.82) is 0 Å². The first-order chi connectivity index (χ1) is 18.8. The monoisotopic (exact) mass is 574 g/mol. The Morgan fingerprint density at radius 3 is 2.51 bits per heavy atom. The number of sulfonamides is 1. The molecule has 0 N–H and O–H groups in total. The zero-order valence-electron chi connectivity index (χ0n) is 23.0. The topological polar surface area (TPSA) is 92.3 Å². The van der Waals surface area contributed by atoms with Crippen LogP contribution < -0.4 is 9.64 Å². The van der Waals surface area contributed by atoms with Crippen LogP contribution in [-0.4, -0.2) is 88.1 Å². The minimum Gasteiger partial charge on any atom is -0.494 e. The standard InChI is InChI=1S/C28H38N4O5S2/c1-4-6-14-30(3)39(34,35)24-11-8-22(9-12-24)27(33)32(16-7-15-31-17-19-36-20-18-31)28-29-25-13-10-23(37-5-2)21-26(25)38-28/h8-13,21H,4-7,14-20H2,1-3H3. The van der Waals surface area contributed by atoms with Gasteiger partial charge in [-0.15, -0.1) is 0 Å². The molecule has 1 fully saturated rings. The second-order valence-corrected chi connectivity index (χ2v) is 12.6. The lowest BCUT2D eigenvalue weighted by Gasteiger charge is -2.27. The van der Waals surface area contributed by atoms with Gasteiger partial charge in [-0.1, -0.05) is 24.7 Å². The fourth-order valence-electron chi connectivity index (χ4n) is 4.43. The fourth-order valence-corrected chi connectivity index (χ4v) is 6.66. The van der Waals surface area contributed by atoms with Crippen LogP contribution >= 0.6 is 11.3 Å². The van der Waals surface area contributed by atoms with Gasteiger partial charge in [0.15, 0.2) is 5.13 Å². The summed E-state index contributed by atoms with van der Waals surface area (Å²) in [7, 11) is -2.02. The highest BCUT2D eigenvalue weighted by Gasteiger charge is 2.24. The Morgan fingerprint density at radius 2 is 1.82 bits per heavy atom. The van der Waals surface area contributed by atoms with Crippen LogP contribution in [0.2, 0.25) is 0 Å². The van der Waals surface area contributed by atoms with Crippen LogP contribution in [0.5, 0.6) is 5.75 Å². The molecule has 1 aliphatic heterocycles. The van der Waals surface area contributed by atoms with E-state index >= 15 is 0 Å². The number of aromatic nitrogens is 1. The van der Waals surface area contributed by atoms with E-state index in [9.17, 15) is 13.2 Å². The Kier molecular flexibility index (Phi) is 10.3. The molecule has 0 spiro atoms. The number of benzene rings is 2. The first-order valence-corrected chi connectivity index (χ1v) is 15.8. The predicted octanol–water partition coefficient (Wildman–Crippen LogP) is 4.48. The molecule has 4 rings (SSSR count). The molecule has 2 heterocycles. The van der Waals surface area contributed by atoms with Crippen LogP contribution in [0.15, 0.2) is 47.4 Å². The van der Waals surface area contributed by atoms with Crippen molar-refractivity contribution >= 4 is 42.6 Å². The van der Waals surface area contributed by atoms with Crippen molar-refractivity contribution < 1.29 is 22.7 Å². The third-order valence-electron chi connectivity index (χ3n) is 6.73. The molecule has 1 saturated heterocycles. The van der Waals surface area contributed by atoms with E-state index in [-0.39, 0.29) is 10.8 Å². The van der Waals surface area contributed by atoms with Crippen LogP contribution in [-0.2, 0) is 14.8 Å². The number of unbranched alkanes of at least 4 members (excludes halogenated alkanes) is 1. The van der Waals surface area contributed by atoms with Crippen LogP contribution in [0.4, 0.5) is 5.13 Å². The number of morpholine rings is 1. The van der Waals surface area contributed by atoms with Crippen LogP contribution in [0.3, 0.4) is 0 Å². The Hall–Kier alpha value is -2.57. The SMILES string of the molecule is CCCCN(C)S(=O)(=O)c1ccc(C(=O)N(CCCN2CCOCC2)c2nc3ccc(OCC)cc3s2)cc1. The molecule has 1 aromatic heterocycles.